The minimum absolute atomic E-state index is 0.0864. The number of nitrogens with one attached hydrogen (secondary N) is 1. The molecule has 0 spiro atoms. The number of alkyl halides is 3. The Morgan fingerprint density at radius 1 is 1.14 bits per heavy atom. The second kappa shape index (κ2) is 11.1. The smallest absolute Gasteiger partial charge is 0.322 e. The number of carbonyl (C=O) groups excluding carboxylic acids is 1. The van der Waals surface area contributed by atoms with Crippen LogP contribution in [0.5, 0.6) is 0 Å². The van der Waals surface area contributed by atoms with Crippen LogP contribution in [0, 0.1) is 18.8 Å². The summed E-state index contributed by atoms with van der Waals surface area (Å²) in [6, 6.07) is 9.31. The van der Waals surface area contributed by atoms with Gasteiger partial charge in [0.1, 0.15) is 6.33 Å². The van der Waals surface area contributed by atoms with Crippen molar-refractivity contribution in [2.24, 2.45) is 0 Å². The summed E-state index contributed by atoms with van der Waals surface area (Å²) in [6.07, 6.45) is 0.955. The Bertz CT molecular complexity index is 1330. The summed E-state index contributed by atoms with van der Waals surface area (Å²) in [4.78, 5) is 24.9. The number of rotatable bonds is 5. The molecule has 1 aromatic heterocycles. The molecule has 2 heterocycles. The quantitative estimate of drug-likeness (QED) is 0.512. The lowest BCUT2D eigenvalue weighted by Gasteiger charge is -2.22. The first-order valence-electron chi connectivity index (χ1n) is 11.9. The maximum absolute atomic E-state index is 13.9. The van der Waals surface area contributed by atoms with Crippen molar-refractivity contribution in [3.8, 4) is 11.8 Å². The highest BCUT2D eigenvalue weighted by Crippen LogP contribution is 2.35. The number of nitrogens with zero attached hydrogens (tertiary/aromatic N) is 4. The van der Waals surface area contributed by atoms with Crippen molar-refractivity contribution in [3.63, 3.8) is 0 Å². The highest BCUT2D eigenvalue weighted by molar-refractivity contribution is 6.04. The first-order chi connectivity index (χ1) is 17.6. The number of anilines is 1. The third-order valence-corrected chi connectivity index (χ3v) is 6.45. The van der Waals surface area contributed by atoms with E-state index in [1.807, 2.05) is 25.9 Å². The van der Waals surface area contributed by atoms with Crippen LogP contribution in [0.1, 0.15) is 44.6 Å². The van der Waals surface area contributed by atoms with Gasteiger partial charge in [-0.3, -0.25) is 9.69 Å². The molecule has 0 unspecified atom stereocenters. The summed E-state index contributed by atoms with van der Waals surface area (Å²) in [5.74, 6) is 5.44. The minimum atomic E-state index is -4.54. The van der Waals surface area contributed by atoms with Gasteiger partial charge in [0, 0.05) is 54.9 Å². The van der Waals surface area contributed by atoms with E-state index in [2.05, 4.69) is 32.0 Å². The van der Waals surface area contributed by atoms with Crippen LogP contribution in [0.2, 0.25) is 0 Å². The molecule has 1 amide bonds. The zero-order valence-corrected chi connectivity index (χ0v) is 20.9. The Morgan fingerprint density at radius 3 is 2.57 bits per heavy atom. The van der Waals surface area contributed by atoms with Crippen LogP contribution in [-0.2, 0) is 12.7 Å². The van der Waals surface area contributed by atoms with E-state index in [4.69, 9.17) is 0 Å². The summed E-state index contributed by atoms with van der Waals surface area (Å²) in [5, 5.41) is 2.61. The van der Waals surface area contributed by atoms with E-state index in [1.165, 1.54) is 18.5 Å². The average molecular weight is 508 g/mol. The predicted molar refractivity (Wildman–Crippen MR) is 136 cm³/mol. The second-order valence-electron chi connectivity index (χ2n) is 9.37. The van der Waals surface area contributed by atoms with Crippen LogP contribution in [0.15, 0.2) is 55.1 Å². The predicted octanol–water partition coefficient (Wildman–Crippen LogP) is 4.59. The number of likely N-dealkylation sites (tertiary alicyclic amines) is 1. The van der Waals surface area contributed by atoms with Crippen molar-refractivity contribution in [2.75, 3.05) is 32.5 Å². The zero-order chi connectivity index (χ0) is 26.6. The minimum Gasteiger partial charge on any atom is -0.322 e. The van der Waals surface area contributed by atoms with Crippen LogP contribution in [0.25, 0.3) is 0 Å². The Morgan fingerprint density at radius 2 is 1.89 bits per heavy atom. The molecule has 1 fully saturated rings. The Labute approximate surface area is 214 Å². The normalized spacial score (nSPS) is 15.9. The van der Waals surface area contributed by atoms with E-state index < -0.39 is 17.6 Å². The lowest BCUT2D eigenvalue weighted by Crippen LogP contribution is -2.31. The monoisotopic (exact) mass is 507 g/mol. The Kier molecular flexibility index (Phi) is 7.91. The van der Waals surface area contributed by atoms with E-state index in [-0.39, 0.29) is 17.8 Å². The number of aryl methyl sites for hydroxylation is 1. The van der Waals surface area contributed by atoms with Gasteiger partial charge in [-0.15, -0.1) is 0 Å². The Balaban J connectivity index is 1.52. The molecule has 192 valence electrons. The number of aromatic nitrogens is 2. The molecule has 0 saturated carbocycles. The second-order valence-corrected chi connectivity index (χ2v) is 9.37. The number of benzene rings is 2. The van der Waals surface area contributed by atoms with Gasteiger partial charge in [0.05, 0.1) is 11.1 Å². The molecule has 0 bridgehead atoms. The molecule has 1 aliphatic heterocycles. The van der Waals surface area contributed by atoms with Gasteiger partial charge in [0.2, 0.25) is 0 Å². The van der Waals surface area contributed by atoms with Gasteiger partial charge in [0.15, 0.2) is 0 Å². The molecule has 37 heavy (non-hydrogen) atoms. The highest BCUT2D eigenvalue weighted by Gasteiger charge is 2.35. The van der Waals surface area contributed by atoms with Crippen molar-refractivity contribution in [1.29, 1.82) is 0 Å². The van der Waals surface area contributed by atoms with Gasteiger partial charge in [-0.1, -0.05) is 24.0 Å². The standard InChI is InChI=1S/C28H28F3N5O/c1-19-4-6-22(12-21(19)7-5-20-14-32-18-33-15-20)27(37)34-24-9-8-23(26(13-24)28(29,30)31)16-36-11-10-25(17-36)35(2)3/h4,6,8-9,12-15,18,25H,10-11,16-17H2,1-3H3,(H,34,37)/t25-/m1/s1. The van der Waals surface area contributed by atoms with Crippen LogP contribution in [0.3, 0.4) is 0 Å². The fraction of sp³-hybridized carbons (Fsp3) is 0.321. The number of carbonyl (C=O) groups is 1. The zero-order valence-electron chi connectivity index (χ0n) is 20.9. The maximum atomic E-state index is 13.9. The highest BCUT2D eigenvalue weighted by atomic mass is 19.4. The maximum Gasteiger partial charge on any atom is 0.416 e. The van der Waals surface area contributed by atoms with Crippen molar-refractivity contribution < 1.29 is 18.0 Å². The molecule has 9 heteroatoms. The van der Waals surface area contributed by atoms with E-state index in [0.717, 1.165) is 31.1 Å². The largest absolute Gasteiger partial charge is 0.416 e. The first-order valence-corrected chi connectivity index (χ1v) is 11.9. The molecular weight excluding hydrogens is 479 g/mol. The molecule has 1 atom stereocenters. The number of likely N-dealkylation sites (N-methyl/N-ethyl adjacent to an activating group) is 1. The molecule has 0 radical (unpaired) electrons. The molecule has 1 N–H and O–H groups in total. The van der Waals surface area contributed by atoms with Crippen molar-refractivity contribution in [3.05, 3.63) is 88.5 Å². The van der Waals surface area contributed by atoms with Crippen molar-refractivity contribution >= 4 is 11.6 Å². The molecule has 6 nitrogen and oxygen atoms in total. The molecule has 3 aromatic rings. The van der Waals surface area contributed by atoms with Crippen LogP contribution < -0.4 is 5.32 Å². The fourth-order valence-corrected chi connectivity index (χ4v) is 4.28. The average Bonchev–Trinajstić information content (AvgIpc) is 3.33. The molecular formula is C28H28F3N5O. The SMILES string of the molecule is Cc1ccc(C(=O)Nc2ccc(CN3CC[C@@H](N(C)C)C3)c(C(F)(F)F)c2)cc1C#Cc1cncnc1. The molecule has 1 saturated heterocycles. The topological polar surface area (TPSA) is 61.4 Å². The summed E-state index contributed by atoms with van der Waals surface area (Å²) < 4.78 is 41.8. The summed E-state index contributed by atoms with van der Waals surface area (Å²) in [5.41, 5.74) is 1.96. The van der Waals surface area contributed by atoms with Crippen molar-refractivity contribution in [2.45, 2.75) is 32.1 Å². The molecule has 2 aromatic carbocycles. The van der Waals surface area contributed by atoms with E-state index in [9.17, 15) is 18.0 Å². The van der Waals surface area contributed by atoms with Gasteiger partial charge >= 0.3 is 6.18 Å². The lowest BCUT2D eigenvalue weighted by molar-refractivity contribution is -0.138. The van der Waals surface area contributed by atoms with Crippen molar-refractivity contribution in [1.82, 2.24) is 19.8 Å². The van der Waals surface area contributed by atoms with Crippen LogP contribution >= 0.6 is 0 Å². The number of halogens is 3. The number of hydrogen-bond donors (Lipinski definition) is 1. The first kappa shape index (κ1) is 26.3. The van der Waals surface area contributed by atoms with E-state index in [1.54, 1.807) is 30.6 Å². The molecule has 0 aliphatic carbocycles. The van der Waals surface area contributed by atoms with Crippen LogP contribution in [0.4, 0.5) is 18.9 Å². The summed E-state index contributed by atoms with van der Waals surface area (Å²) in [7, 11) is 3.96. The fourth-order valence-electron chi connectivity index (χ4n) is 4.28. The Hall–Kier alpha value is -3.74. The molecule has 1 aliphatic rings. The lowest BCUT2D eigenvalue weighted by atomic mass is 10.0. The number of hydrogen-bond acceptors (Lipinski definition) is 5. The summed E-state index contributed by atoms with van der Waals surface area (Å²) in [6.45, 7) is 3.54. The van der Waals surface area contributed by atoms with Crippen LogP contribution in [-0.4, -0.2) is 58.9 Å². The van der Waals surface area contributed by atoms with E-state index >= 15 is 0 Å². The van der Waals surface area contributed by atoms with E-state index in [0.29, 0.717) is 22.7 Å². The number of amides is 1. The van der Waals surface area contributed by atoms with Gasteiger partial charge in [-0.2, -0.15) is 13.2 Å². The third-order valence-electron chi connectivity index (χ3n) is 6.45. The van der Waals surface area contributed by atoms with Gasteiger partial charge < -0.3 is 10.2 Å². The third kappa shape index (κ3) is 6.73. The summed E-state index contributed by atoms with van der Waals surface area (Å²) >= 11 is 0. The van der Waals surface area contributed by atoms with Gasteiger partial charge in [-0.25, -0.2) is 9.97 Å². The van der Waals surface area contributed by atoms with Gasteiger partial charge in [0.25, 0.3) is 5.91 Å². The molecule has 4 rings (SSSR count). The van der Waals surface area contributed by atoms with Gasteiger partial charge in [-0.05, 0) is 62.8 Å².